The molecule has 1 atom stereocenters. The molecule has 24 heavy (non-hydrogen) atoms. The fraction of sp³-hybridized carbons (Fsp3) is 0.300. The lowest BCUT2D eigenvalue weighted by atomic mass is 9.76. The van der Waals surface area contributed by atoms with Crippen LogP contribution in [0.3, 0.4) is 0 Å². The highest BCUT2D eigenvalue weighted by molar-refractivity contribution is 5.93. The number of hydrogen-bond acceptors (Lipinski definition) is 4. The van der Waals surface area contributed by atoms with E-state index in [1.807, 2.05) is 19.2 Å². The standard InChI is InChI=1S/C20H19NO3/c1-20(2)15(10-13-17(22)19(24)18(13)23)21(3)14-9-8-11-6-4-5-7-12(11)16(14)20/h4-9,15,22H,10H2,1-3H3. The third kappa shape index (κ3) is 1.74. The normalized spacial score (nSPS) is 19.1. The first-order chi connectivity index (χ1) is 11.3. The molecule has 0 aliphatic carbocycles. The van der Waals surface area contributed by atoms with E-state index in [1.54, 1.807) is 0 Å². The number of fused-ring (bicyclic) bond motifs is 3. The van der Waals surface area contributed by atoms with Crippen molar-refractivity contribution >= 4 is 16.5 Å². The molecule has 4 heteroatoms. The van der Waals surface area contributed by atoms with Crippen LogP contribution in [0.25, 0.3) is 10.8 Å². The van der Waals surface area contributed by atoms with E-state index in [-0.39, 0.29) is 22.8 Å². The van der Waals surface area contributed by atoms with Crippen molar-refractivity contribution in [1.82, 2.24) is 0 Å². The average molecular weight is 321 g/mol. The Morgan fingerprint density at radius 1 is 1.08 bits per heavy atom. The molecule has 122 valence electrons. The minimum absolute atomic E-state index is 0.00695. The number of rotatable bonds is 2. The second-order valence-electron chi connectivity index (χ2n) is 7.22. The summed E-state index contributed by atoms with van der Waals surface area (Å²) in [7, 11) is 2.01. The predicted molar refractivity (Wildman–Crippen MR) is 95.9 cm³/mol. The largest absolute Gasteiger partial charge is 0.504 e. The van der Waals surface area contributed by atoms with Crippen molar-refractivity contribution in [2.75, 3.05) is 11.9 Å². The van der Waals surface area contributed by atoms with Crippen LogP contribution in [0, 0.1) is 0 Å². The Kier molecular flexibility index (Phi) is 2.92. The molecule has 0 bridgehead atoms. The van der Waals surface area contributed by atoms with Gasteiger partial charge in [-0.25, -0.2) is 0 Å². The van der Waals surface area contributed by atoms with Gasteiger partial charge in [-0.05, 0) is 22.4 Å². The van der Waals surface area contributed by atoms with E-state index in [4.69, 9.17) is 0 Å². The Bertz CT molecular complexity index is 1040. The Hall–Kier alpha value is -2.62. The van der Waals surface area contributed by atoms with Crippen molar-refractivity contribution in [2.45, 2.75) is 31.7 Å². The van der Waals surface area contributed by atoms with Gasteiger partial charge in [0.15, 0.2) is 5.75 Å². The van der Waals surface area contributed by atoms with Crippen molar-refractivity contribution < 1.29 is 5.11 Å². The molecule has 4 rings (SSSR count). The second kappa shape index (κ2) is 4.69. The van der Waals surface area contributed by atoms with Crippen LogP contribution < -0.4 is 15.8 Å². The Balaban J connectivity index is 1.86. The number of hydrogen-bond donors (Lipinski definition) is 1. The van der Waals surface area contributed by atoms with Crippen LogP contribution >= 0.6 is 0 Å². The summed E-state index contributed by atoms with van der Waals surface area (Å²) < 4.78 is 0. The highest BCUT2D eigenvalue weighted by Crippen LogP contribution is 2.48. The summed E-state index contributed by atoms with van der Waals surface area (Å²) in [4.78, 5) is 25.3. The number of nitrogens with zero attached hydrogens (tertiary/aromatic N) is 1. The van der Waals surface area contributed by atoms with Crippen LogP contribution in [0.5, 0.6) is 5.75 Å². The third-order valence-corrected chi connectivity index (χ3v) is 5.61. The van der Waals surface area contributed by atoms with Gasteiger partial charge in [0.05, 0.1) is 5.56 Å². The predicted octanol–water partition coefficient (Wildman–Crippen LogP) is 2.48. The maximum absolute atomic E-state index is 11.8. The zero-order valence-corrected chi connectivity index (χ0v) is 14.0. The molecule has 0 radical (unpaired) electrons. The van der Waals surface area contributed by atoms with Gasteiger partial charge in [-0.2, -0.15) is 0 Å². The summed E-state index contributed by atoms with van der Waals surface area (Å²) in [6.07, 6.45) is 0.378. The molecule has 4 nitrogen and oxygen atoms in total. The fourth-order valence-corrected chi connectivity index (χ4v) is 4.25. The number of anilines is 1. The van der Waals surface area contributed by atoms with Crippen molar-refractivity contribution in [1.29, 1.82) is 0 Å². The number of aromatic hydroxyl groups is 1. The van der Waals surface area contributed by atoms with E-state index in [9.17, 15) is 14.7 Å². The summed E-state index contributed by atoms with van der Waals surface area (Å²) in [6.45, 7) is 4.32. The van der Waals surface area contributed by atoms with Crippen molar-refractivity contribution in [3.8, 4) is 5.75 Å². The molecule has 3 aromatic carbocycles. The van der Waals surface area contributed by atoms with Gasteiger partial charge >= 0.3 is 0 Å². The topological polar surface area (TPSA) is 57.6 Å². The molecule has 1 aliphatic rings. The van der Waals surface area contributed by atoms with E-state index in [0.717, 1.165) is 5.69 Å². The monoisotopic (exact) mass is 321 g/mol. The molecule has 0 aromatic heterocycles. The zero-order valence-electron chi connectivity index (χ0n) is 14.0. The molecular formula is C20H19NO3. The van der Waals surface area contributed by atoms with Gasteiger partial charge in [0.25, 0.3) is 5.43 Å². The lowest BCUT2D eigenvalue weighted by Gasteiger charge is -2.32. The average Bonchev–Trinajstić information content (AvgIpc) is 2.78. The molecule has 0 fully saturated rings. The number of likely N-dealkylation sites (N-methyl/N-ethyl adjacent to an activating group) is 1. The molecule has 0 spiro atoms. The summed E-state index contributed by atoms with van der Waals surface area (Å²) in [5.74, 6) is -0.356. The van der Waals surface area contributed by atoms with E-state index in [1.165, 1.54) is 16.3 Å². The zero-order chi connectivity index (χ0) is 17.2. The van der Waals surface area contributed by atoms with Crippen LogP contribution in [0.15, 0.2) is 46.0 Å². The Labute approximate surface area is 139 Å². The molecule has 3 aromatic rings. The maximum atomic E-state index is 11.8. The summed E-state index contributed by atoms with van der Waals surface area (Å²) in [5, 5.41) is 12.1. The molecule has 1 unspecified atom stereocenters. The molecule has 0 saturated carbocycles. The van der Waals surface area contributed by atoms with E-state index in [0.29, 0.717) is 6.42 Å². The summed E-state index contributed by atoms with van der Waals surface area (Å²) in [6, 6.07) is 12.5. The van der Waals surface area contributed by atoms with Crippen LogP contribution in [0.4, 0.5) is 5.69 Å². The SMILES string of the molecule is CN1c2ccc3ccccc3c2C(C)(C)C1Cc1c(O)c(=O)c1=O. The van der Waals surface area contributed by atoms with Crippen LogP contribution in [0.2, 0.25) is 0 Å². The lowest BCUT2D eigenvalue weighted by molar-refractivity contribution is 0.407. The maximum Gasteiger partial charge on any atom is 0.267 e. The molecule has 1 aliphatic heterocycles. The van der Waals surface area contributed by atoms with Gasteiger partial charge in [0, 0.05) is 30.6 Å². The first-order valence-corrected chi connectivity index (χ1v) is 8.10. The van der Waals surface area contributed by atoms with Crippen LogP contribution in [0.1, 0.15) is 25.0 Å². The minimum Gasteiger partial charge on any atom is -0.504 e. The molecule has 0 saturated heterocycles. The molecule has 0 amide bonds. The van der Waals surface area contributed by atoms with Gasteiger partial charge < -0.3 is 10.0 Å². The summed E-state index contributed by atoms with van der Waals surface area (Å²) >= 11 is 0. The highest BCUT2D eigenvalue weighted by atomic mass is 16.3. The van der Waals surface area contributed by atoms with Gasteiger partial charge in [0.2, 0.25) is 5.43 Å². The van der Waals surface area contributed by atoms with E-state index < -0.39 is 10.9 Å². The van der Waals surface area contributed by atoms with Crippen LogP contribution in [-0.4, -0.2) is 18.2 Å². The lowest BCUT2D eigenvalue weighted by Crippen LogP contribution is -2.45. The summed E-state index contributed by atoms with van der Waals surface area (Å²) in [5.41, 5.74) is 1.15. The third-order valence-electron chi connectivity index (χ3n) is 5.61. The Morgan fingerprint density at radius 2 is 1.79 bits per heavy atom. The van der Waals surface area contributed by atoms with Gasteiger partial charge in [0.1, 0.15) is 0 Å². The fourth-order valence-electron chi connectivity index (χ4n) is 4.25. The molecular weight excluding hydrogens is 302 g/mol. The van der Waals surface area contributed by atoms with Crippen molar-refractivity contribution in [3.63, 3.8) is 0 Å². The highest BCUT2D eigenvalue weighted by Gasteiger charge is 2.45. The van der Waals surface area contributed by atoms with Crippen molar-refractivity contribution in [3.05, 3.63) is 68.0 Å². The molecule has 1 N–H and O–H groups in total. The number of benzene rings is 2. The van der Waals surface area contributed by atoms with E-state index >= 15 is 0 Å². The van der Waals surface area contributed by atoms with Crippen LogP contribution in [-0.2, 0) is 11.8 Å². The van der Waals surface area contributed by atoms with Gasteiger partial charge in [-0.1, -0.05) is 44.2 Å². The Morgan fingerprint density at radius 3 is 2.50 bits per heavy atom. The smallest absolute Gasteiger partial charge is 0.267 e. The molecule has 1 heterocycles. The van der Waals surface area contributed by atoms with E-state index in [2.05, 4.69) is 43.0 Å². The first kappa shape index (κ1) is 14.9. The van der Waals surface area contributed by atoms with Crippen molar-refractivity contribution in [2.24, 2.45) is 0 Å². The van der Waals surface area contributed by atoms with Gasteiger partial charge in [-0.15, -0.1) is 0 Å². The second-order valence-corrected chi connectivity index (χ2v) is 7.22. The quantitative estimate of drug-likeness (QED) is 0.737. The van der Waals surface area contributed by atoms with Gasteiger partial charge in [-0.3, -0.25) is 9.59 Å². The first-order valence-electron chi connectivity index (χ1n) is 8.10. The minimum atomic E-state index is -0.758.